The molecule has 1 aliphatic rings. The van der Waals surface area contributed by atoms with Crippen molar-refractivity contribution < 1.29 is 9.53 Å². The van der Waals surface area contributed by atoms with E-state index in [2.05, 4.69) is 24.1 Å². The third-order valence-corrected chi connectivity index (χ3v) is 5.60. The number of likely N-dealkylation sites (tertiary alicyclic amines) is 1. The predicted molar refractivity (Wildman–Crippen MR) is 114 cm³/mol. The quantitative estimate of drug-likeness (QED) is 0.692. The SMILES string of the molecule is CC(C)c1ccc(OCC(=O)NC[C@H](c2ccccc2Cl)N2CCCC2)cc1. The minimum absolute atomic E-state index is 0.0102. The highest BCUT2D eigenvalue weighted by Gasteiger charge is 2.25. The first-order valence-electron chi connectivity index (χ1n) is 10.0. The molecular formula is C23H29ClN2O2. The number of benzene rings is 2. The molecular weight excluding hydrogens is 372 g/mol. The van der Waals surface area contributed by atoms with Gasteiger partial charge in [0.05, 0.1) is 6.04 Å². The number of rotatable bonds is 8. The molecule has 1 fully saturated rings. The van der Waals surface area contributed by atoms with Gasteiger partial charge in [0.2, 0.25) is 0 Å². The lowest BCUT2D eigenvalue weighted by atomic mass is 10.0. The molecule has 150 valence electrons. The highest BCUT2D eigenvalue weighted by molar-refractivity contribution is 6.31. The van der Waals surface area contributed by atoms with Crippen LogP contribution in [0.5, 0.6) is 5.75 Å². The smallest absolute Gasteiger partial charge is 0.258 e. The molecule has 0 bridgehead atoms. The molecule has 0 spiro atoms. The van der Waals surface area contributed by atoms with Crippen LogP contribution in [-0.2, 0) is 4.79 Å². The molecule has 0 aliphatic carbocycles. The van der Waals surface area contributed by atoms with Crippen LogP contribution in [0.15, 0.2) is 48.5 Å². The van der Waals surface area contributed by atoms with E-state index in [1.54, 1.807) is 0 Å². The van der Waals surface area contributed by atoms with E-state index in [-0.39, 0.29) is 18.6 Å². The Labute approximate surface area is 172 Å². The van der Waals surface area contributed by atoms with Crippen molar-refractivity contribution in [2.45, 2.75) is 38.6 Å². The van der Waals surface area contributed by atoms with Crippen LogP contribution in [0, 0.1) is 0 Å². The topological polar surface area (TPSA) is 41.6 Å². The Morgan fingerprint density at radius 3 is 2.43 bits per heavy atom. The number of nitrogens with zero attached hydrogens (tertiary/aromatic N) is 1. The summed E-state index contributed by atoms with van der Waals surface area (Å²) in [6.45, 7) is 6.90. The average Bonchev–Trinajstić information content (AvgIpc) is 3.22. The largest absolute Gasteiger partial charge is 0.484 e. The minimum atomic E-state index is -0.121. The number of hydrogen-bond acceptors (Lipinski definition) is 3. The van der Waals surface area contributed by atoms with Crippen molar-refractivity contribution in [3.63, 3.8) is 0 Å². The molecule has 28 heavy (non-hydrogen) atoms. The molecule has 0 saturated carbocycles. The molecule has 3 rings (SSSR count). The summed E-state index contributed by atoms with van der Waals surface area (Å²) in [5, 5.41) is 3.77. The summed E-state index contributed by atoms with van der Waals surface area (Å²) in [4.78, 5) is 14.7. The van der Waals surface area contributed by atoms with E-state index >= 15 is 0 Å². The van der Waals surface area contributed by atoms with Gasteiger partial charge in [-0.3, -0.25) is 9.69 Å². The number of carbonyl (C=O) groups excluding carboxylic acids is 1. The summed E-state index contributed by atoms with van der Waals surface area (Å²) < 4.78 is 5.64. The second kappa shape index (κ2) is 9.94. The van der Waals surface area contributed by atoms with Gasteiger partial charge >= 0.3 is 0 Å². The predicted octanol–water partition coefficient (Wildman–Crippen LogP) is 4.80. The van der Waals surface area contributed by atoms with Crippen molar-refractivity contribution in [1.29, 1.82) is 0 Å². The molecule has 1 saturated heterocycles. The van der Waals surface area contributed by atoms with Gasteiger partial charge in [-0.2, -0.15) is 0 Å². The van der Waals surface area contributed by atoms with Crippen molar-refractivity contribution in [3.05, 3.63) is 64.7 Å². The van der Waals surface area contributed by atoms with Crippen molar-refractivity contribution in [2.75, 3.05) is 26.2 Å². The van der Waals surface area contributed by atoms with E-state index in [0.717, 1.165) is 23.7 Å². The maximum absolute atomic E-state index is 12.3. The van der Waals surface area contributed by atoms with E-state index in [1.165, 1.54) is 18.4 Å². The molecule has 1 N–H and O–H groups in total. The number of carbonyl (C=O) groups is 1. The van der Waals surface area contributed by atoms with Crippen LogP contribution in [0.2, 0.25) is 5.02 Å². The standard InChI is InChI=1S/C23H29ClN2O2/c1-17(2)18-9-11-19(12-10-18)28-16-23(27)25-15-22(26-13-5-6-14-26)20-7-3-4-8-21(20)24/h3-4,7-12,17,22H,5-6,13-16H2,1-2H3,(H,25,27)/t22-/m1/s1. The molecule has 5 heteroatoms. The lowest BCUT2D eigenvalue weighted by Crippen LogP contribution is -2.38. The van der Waals surface area contributed by atoms with Gasteiger partial charge in [0.25, 0.3) is 5.91 Å². The first kappa shape index (κ1) is 20.7. The molecule has 1 amide bonds. The average molecular weight is 401 g/mol. The van der Waals surface area contributed by atoms with Gasteiger partial charge in [-0.15, -0.1) is 0 Å². The summed E-state index contributed by atoms with van der Waals surface area (Å²) in [6, 6.07) is 15.9. The van der Waals surface area contributed by atoms with Gasteiger partial charge in [-0.25, -0.2) is 0 Å². The Morgan fingerprint density at radius 2 is 1.79 bits per heavy atom. The number of hydrogen-bond donors (Lipinski definition) is 1. The van der Waals surface area contributed by atoms with Gasteiger partial charge in [0.1, 0.15) is 5.75 Å². The summed E-state index contributed by atoms with van der Waals surface area (Å²) in [5.41, 5.74) is 2.32. The fraction of sp³-hybridized carbons (Fsp3) is 0.435. The zero-order valence-corrected chi connectivity index (χ0v) is 17.4. The number of halogens is 1. The normalized spacial score (nSPS) is 15.6. The van der Waals surface area contributed by atoms with E-state index in [4.69, 9.17) is 16.3 Å². The van der Waals surface area contributed by atoms with Crippen molar-refractivity contribution in [2.24, 2.45) is 0 Å². The maximum Gasteiger partial charge on any atom is 0.258 e. The Morgan fingerprint density at radius 1 is 1.11 bits per heavy atom. The molecule has 4 nitrogen and oxygen atoms in total. The molecule has 0 aromatic heterocycles. The first-order chi connectivity index (χ1) is 13.5. The lowest BCUT2D eigenvalue weighted by molar-refractivity contribution is -0.123. The monoisotopic (exact) mass is 400 g/mol. The molecule has 1 heterocycles. The summed E-state index contributed by atoms with van der Waals surface area (Å²) in [7, 11) is 0. The van der Waals surface area contributed by atoms with Gasteiger partial charge in [0.15, 0.2) is 6.61 Å². The van der Waals surface area contributed by atoms with Crippen molar-refractivity contribution in [1.82, 2.24) is 10.2 Å². The van der Waals surface area contributed by atoms with Crippen LogP contribution in [0.1, 0.15) is 49.8 Å². The van der Waals surface area contributed by atoms with E-state index in [0.29, 0.717) is 18.2 Å². The Balaban J connectivity index is 1.55. The Kier molecular flexibility index (Phi) is 7.35. The number of amides is 1. The molecule has 2 aromatic carbocycles. The van der Waals surface area contributed by atoms with Gasteiger partial charge in [0, 0.05) is 11.6 Å². The number of nitrogens with one attached hydrogen (secondary N) is 1. The third-order valence-electron chi connectivity index (χ3n) is 5.25. The molecule has 2 aromatic rings. The van der Waals surface area contributed by atoms with Gasteiger partial charge in [-0.1, -0.05) is 55.8 Å². The van der Waals surface area contributed by atoms with Crippen molar-refractivity contribution in [3.8, 4) is 5.75 Å². The lowest BCUT2D eigenvalue weighted by Gasteiger charge is -2.29. The highest BCUT2D eigenvalue weighted by atomic mass is 35.5. The van der Waals surface area contributed by atoms with E-state index in [1.807, 2.05) is 48.5 Å². The fourth-order valence-corrected chi connectivity index (χ4v) is 3.86. The van der Waals surface area contributed by atoms with Gasteiger partial charge < -0.3 is 10.1 Å². The zero-order chi connectivity index (χ0) is 19.9. The fourth-order valence-electron chi connectivity index (χ4n) is 3.59. The summed E-state index contributed by atoms with van der Waals surface area (Å²) in [6.07, 6.45) is 2.37. The summed E-state index contributed by atoms with van der Waals surface area (Å²) in [5.74, 6) is 1.07. The van der Waals surface area contributed by atoms with Crippen LogP contribution >= 0.6 is 11.6 Å². The van der Waals surface area contributed by atoms with Gasteiger partial charge in [-0.05, 0) is 61.2 Å². The second-order valence-corrected chi connectivity index (χ2v) is 8.00. The second-order valence-electron chi connectivity index (χ2n) is 7.60. The zero-order valence-electron chi connectivity index (χ0n) is 16.7. The highest BCUT2D eigenvalue weighted by Crippen LogP contribution is 2.29. The van der Waals surface area contributed by atoms with E-state index in [9.17, 15) is 4.79 Å². The summed E-state index contributed by atoms with van der Waals surface area (Å²) >= 11 is 6.42. The Bertz CT molecular complexity index is 770. The minimum Gasteiger partial charge on any atom is -0.484 e. The molecule has 1 atom stereocenters. The van der Waals surface area contributed by atoms with Crippen LogP contribution in [0.3, 0.4) is 0 Å². The third kappa shape index (κ3) is 5.49. The van der Waals surface area contributed by atoms with Crippen molar-refractivity contribution >= 4 is 17.5 Å². The van der Waals surface area contributed by atoms with Crippen LogP contribution in [-0.4, -0.2) is 37.0 Å². The Hall–Kier alpha value is -2.04. The maximum atomic E-state index is 12.3. The molecule has 0 unspecified atom stereocenters. The van der Waals surface area contributed by atoms with Crippen LogP contribution in [0.25, 0.3) is 0 Å². The molecule has 1 aliphatic heterocycles. The molecule has 0 radical (unpaired) electrons. The van der Waals surface area contributed by atoms with Crippen LogP contribution < -0.4 is 10.1 Å². The number of ether oxygens (including phenoxy) is 1. The van der Waals surface area contributed by atoms with E-state index < -0.39 is 0 Å². The van der Waals surface area contributed by atoms with Crippen LogP contribution in [0.4, 0.5) is 0 Å². The first-order valence-corrected chi connectivity index (χ1v) is 10.4.